The number of carboxylic acid groups (broad SMARTS) is 2. The minimum Gasteiger partial charge on any atom is -0.481 e. The Bertz CT molecular complexity index is 1520. The van der Waals surface area contributed by atoms with Crippen molar-refractivity contribution in [1.29, 1.82) is 0 Å². The molecule has 0 fully saturated rings. The third-order valence-electron chi connectivity index (χ3n) is 6.34. The number of carbonyl (C=O) groups excluding carboxylic acids is 2. The van der Waals surface area contributed by atoms with E-state index in [0.29, 0.717) is 0 Å². The first-order valence-corrected chi connectivity index (χ1v) is 13.0. The van der Waals surface area contributed by atoms with Crippen LogP contribution < -0.4 is 21.3 Å². The number of primary amides is 2. The number of carboxylic acids is 2. The first-order valence-electron chi connectivity index (χ1n) is 13.0. The average molecular weight is 577 g/mol. The van der Waals surface area contributed by atoms with E-state index in [9.17, 15) is 19.2 Å². The smallest absolute Gasteiger partial charge is 0.323 e. The van der Waals surface area contributed by atoms with Crippen molar-refractivity contribution < 1.29 is 29.4 Å². The van der Waals surface area contributed by atoms with Crippen LogP contribution in [0.1, 0.15) is 28.7 Å². The fraction of sp³-hybridized carbons (Fsp3) is 0.0303. The van der Waals surface area contributed by atoms with E-state index >= 15 is 0 Å². The predicted octanol–water partition coefficient (Wildman–Crippen LogP) is 6.32. The van der Waals surface area contributed by atoms with Crippen molar-refractivity contribution in [3.8, 4) is 0 Å². The number of nitrogens with two attached hydrogens (primary N) is 2. The molecule has 0 aromatic heterocycles. The first kappa shape index (κ1) is 29.8. The van der Waals surface area contributed by atoms with Gasteiger partial charge in [-0.15, -0.1) is 0 Å². The van der Waals surface area contributed by atoms with Crippen LogP contribution in [0.2, 0.25) is 0 Å². The van der Waals surface area contributed by atoms with E-state index in [0.717, 1.165) is 45.0 Å². The molecule has 0 saturated heterocycles. The van der Waals surface area contributed by atoms with Gasteiger partial charge < -0.3 is 21.7 Å². The van der Waals surface area contributed by atoms with Crippen molar-refractivity contribution in [2.24, 2.45) is 11.5 Å². The Balaban J connectivity index is 0.000000163. The highest BCUT2D eigenvalue weighted by Crippen LogP contribution is 2.37. The van der Waals surface area contributed by atoms with E-state index in [1.807, 2.05) is 121 Å². The predicted molar refractivity (Wildman–Crippen MR) is 167 cm³/mol. The molecule has 6 N–H and O–H groups in total. The molecule has 216 valence electrons. The highest BCUT2D eigenvalue weighted by atomic mass is 16.4. The minimum absolute atomic E-state index is 0.474. The average Bonchev–Trinajstić information content (AvgIpc) is 3.25. The van der Waals surface area contributed by atoms with Gasteiger partial charge >= 0.3 is 24.0 Å². The number of hydrogen-bond donors (Lipinski definition) is 4. The highest BCUT2D eigenvalue weighted by Gasteiger charge is 2.22. The molecule has 43 heavy (non-hydrogen) atoms. The van der Waals surface area contributed by atoms with Crippen LogP contribution in [-0.2, 0) is 9.59 Å². The van der Waals surface area contributed by atoms with Crippen LogP contribution in [0.15, 0.2) is 97.1 Å². The Kier molecular flexibility index (Phi) is 9.34. The second kappa shape index (κ2) is 13.5. The molecule has 0 bridgehead atoms. The number of urea groups is 2. The molecule has 4 aromatic rings. The van der Waals surface area contributed by atoms with Gasteiger partial charge in [0, 0.05) is 0 Å². The van der Waals surface area contributed by atoms with Crippen molar-refractivity contribution in [1.82, 2.24) is 0 Å². The number of rotatable bonds is 2. The second-order valence-electron chi connectivity index (χ2n) is 9.21. The maximum Gasteiger partial charge on any atom is 0.323 e. The summed E-state index contributed by atoms with van der Waals surface area (Å²) in [5, 5.41) is 15.4. The summed E-state index contributed by atoms with van der Waals surface area (Å²) in [5.41, 5.74) is 18.2. The highest BCUT2D eigenvalue weighted by molar-refractivity contribution is 6.05. The maximum absolute atomic E-state index is 11.8. The molecule has 2 aliphatic rings. The van der Waals surface area contributed by atoms with Crippen LogP contribution in [-0.4, -0.2) is 34.2 Å². The van der Waals surface area contributed by atoms with E-state index in [1.165, 1.54) is 0 Å². The molecule has 2 aliphatic heterocycles. The molecule has 4 aromatic carbocycles. The Hall–Kier alpha value is -6.16. The van der Waals surface area contributed by atoms with Gasteiger partial charge in [-0.25, -0.2) is 9.59 Å². The van der Waals surface area contributed by atoms with Crippen LogP contribution in [0.5, 0.6) is 0 Å². The zero-order valence-electron chi connectivity index (χ0n) is 22.8. The fourth-order valence-electron chi connectivity index (χ4n) is 4.55. The zero-order chi connectivity index (χ0) is 30.9. The number of carbonyl (C=O) groups is 4. The first-order chi connectivity index (χ1) is 20.7. The third kappa shape index (κ3) is 7.14. The summed E-state index contributed by atoms with van der Waals surface area (Å²) in [5.74, 6) is -2.62. The quantitative estimate of drug-likeness (QED) is 0.204. The molecule has 10 heteroatoms. The van der Waals surface area contributed by atoms with Gasteiger partial charge in [-0.1, -0.05) is 97.1 Å². The fourth-order valence-corrected chi connectivity index (χ4v) is 4.55. The van der Waals surface area contributed by atoms with Crippen molar-refractivity contribution in [2.75, 3.05) is 9.80 Å². The van der Waals surface area contributed by atoms with Crippen molar-refractivity contribution in [3.05, 3.63) is 119 Å². The van der Waals surface area contributed by atoms with Gasteiger partial charge in [-0.3, -0.25) is 19.4 Å². The van der Waals surface area contributed by atoms with Crippen LogP contribution in [0, 0.1) is 0 Å². The molecule has 4 amide bonds. The molecule has 0 aliphatic carbocycles. The normalized spacial score (nSPS) is 11.8. The van der Waals surface area contributed by atoms with E-state index in [2.05, 4.69) is 0 Å². The van der Waals surface area contributed by atoms with Crippen molar-refractivity contribution in [3.63, 3.8) is 0 Å². The number of amides is 4. The summed E-state index contributed by atoms with van der Waals surface area (Å²) in [6, 6.07) is 29.9. The minimum atomic E-state index is -1.31. The molecular weight excluding hydrogens is 548 g/mol. The van der Waals surface area contributed by atoms with Crippen LogP contribution in [0.25, 0.3) is 24.3 Å². The summed E-state index contributed by atoms with van der Waals surface area (Å²) in [4.78, 5) is 45.5. The standard InChI is InChI=1S/2C15H12N2O.C3H4O4/c2*16-15(18)17-13-7-3-1-5-11(13)9-10-12-6-2-4-8-14(12)17;4-2(5)1-3(6)7/h2*1-10H,(H2,16,18);1H2,(H,4,5)(H,6,7). The number of para-hydroxylation sites is 4. The monoisotopic (exact) mass is 576 g/mol. The molecule has 0 atom stereocenters. The lowest BCUT2D eigenvalue weighted by atomic mass is 10.1. The Morgan fingerprint density at radius 2 is 0.698 bits per heavy atom. The van der Waals surface area contributed by atoms with Crippen molar-refractivity contribution >= 4 is 71.1 Å². The van der Waals surface area contributed by atoms with E-state index in [-0.39, 0.29) is 0 Å². The van der Waals surface area contributed by atoms with Crippen LogP contribution in [0.4, 0.5) is 32.3 Å². The van der Waals surface area contributed by atoms with E-state index in [4.69, 9.17) is 21.7 Å². The van der Waals surface area contributed by atoms with Gasteiger partial charge in [0.2, 0.25) is 0 Å². The Labute approximate surface area is 247 Å². The SMILES string of the molecule is NC(=O)N1c2ccccc2C=Cc2ccccc21.NC(=O)N1c2ccccc2C=Cc2ccccc21.O=C(O)CC(=O)O. The third-order valence-corrected chi connectivity index (χ3v) is 6.34. The maximum atomic E-state index is 11.8. The Morgan fingerprint density at radius 1 is 0.465 bits per heavy atom. The molecule has 0 saturated carbocycles. The molecule has 0 spiro atoms. The number of aliphatic carboxylic acids is 2. The molecule has 2 heterocycles. The molecule has 0 unspecified atom stereocenters. The van der Waals surface area contributed by atoms with Gasteiger partial charge in [0.25, 0.3) is 0 Å². The summed E-state index contributed by atoms with van der Waals surface area (Å²) in [6.07, 6.45) is 7.18. The van der Waals surface area contributed by atoms with Gasteiger partial charge in [0.15, 0.2) is 0 Å². The summed E-state index contributed by atoms with van der Waals surface area (Å²) < 4.78 is 0. The van der Waals surface area contributed by atoms with Crippen molar-refractivity contribution in [2.45, 2.75) is 6.42 Å². The lowest BCUT2D eigenvalue weighted by Gasteiger charge is -2.22. The van der Waals surface area contributed by atoms with E-state index < -0.39 is 30.4 Å². The lowest BCUT2D eigenvalue weighted by Crippen LogP contribution is -2.32. The lowest BCUT2D eigenvalue weighted by molar-refractivity contribution is -0.147. The molecule has 0 radical (unpaired) electrons. The van der Waals surface area contributed by atoms with E-state index in [1.54, 1.807) is 9.80 Å². The summed E-state index contributed by atoms with van der Waals surface area (Å²) >= 11 is 0. The molecular formula is C33H28N4O6. The molecule has 10 nitrogen and oxygen atoms in total. The van der Waals surface area contributed by atoms with Gasteiger partial charge in [-0.2, -0.15) is 0 Å². The number of fused-ring (bicyclic) bond motifs is 4. The van der Waals surface area contributed by atoms with Crippen LogP contribution >= 0.6 is 0 Å². The summed E-state index contributed by atoms with van der Waals surface area (Å²) in [7, 11) is 0. The number of anilines is 4. The molecule has 6 rings (SSSR count). The Morgan fingerprint density at radius 3 is 0.884 bits per heavy atom. The second-order valence-corrected chi connectivity index (χ2v) is 9.21. The number of hydrogen-bond acceptors (Lipinski definition) is 4. The van der Waals surface area contributed by atoms with Gasteiger partial charge in [0.05, 0.1) is 22.7 Å². The topological polar surface area (TPSA) is 167 Å². The number of nitrogens with zero attached hydrogens (tertiary/aromatic N) is 2. The number of benzene rings is 4. The zero-order valence-corrected chi connectivity index (χ0v) is 22.8. The van der Waals surface area contributed by atoms with Crippen LogP contribution in [0.3, 0.4) is 0 Å². The van der Waals surface area contributed by atoms with Gasteiger partial charge in [0.1, 0.15) is 6.42 Å². The largest absolute Gasteiger partial charge is 0.481 e. The summed E-state index contributed by atoms with van der Waals surface area (Å²) in [6.45, 7) is 0. The van der Waals surface area contributed by atoms with Gasteiger partial charge in [-0.05, 0) is 46.5 Å².